The van der Waals surface area contributed by atoms with Crippen LogP contribution >= 0.6 is 44.3 Å². The molecule has 0 bridgehead atoms. The zero-order valence-corrected chi connectivity index (χ0v) is 23.1. The highest BCUT2D eigenvalue weighted by atomic mass is 79.9. The van der Waals surface area contributed by atoms with E-state index < -0.39 is 11.0 Å². The van der Waals surface area contributed by atoms with Gasteiger partial charge >= 0.3 is 6.09 Å². The van der Waals surface area contributed by atoms with Gasteiger partial charge in [-0.2, -0.15) is 0 Å². The summed E-state index contributed by atoms with van der Waals surface area (Å²) in [5, 5.41) is 13.7. The number of amides is 1. The van der Waals surface area contributed by atoms with Gasteiger partial charge in [-0.05, 0) is 56.1 Å². The van der Waals surface area contributed by atoms with Crippen LogP contribution in [0.2, 0.25) is 0 Å². The Morgan fingerprint density at radius 2 is 1.46 bits per heavy atom. The zero-order valence-electron chi connectivity index (χ0n) is 19.2. The van der Waals surface area contributed by atoms with Crippen LogP contribution in [0.15, 0.2) is 69.9 Å². The maximum atomic E-state index is 11.9. The van der Waals surface area contributed by atoms with E-state index in [2.05, 4.69) is 47.1 Å². The van der Waals surface area contributed by atoms with E-state index in [9.17, 15) is 14.9 Å². The van der Waals surface area contributed by atoms with Crippen molar-refractivity contribution in [3.8, 4) is 17.5 Å². The van der Waals surface area contributed by atoms with Crippen LogP contribution in [0.25, 0.3) is 0 Å². The molecule has 2 fully saturated rings. The van der Waals surface area contributed by atoms with Crippen LogP contribution in [0.1, 0.15) is 0 Å². The lowest BCUT2D eigenvalue weighted by Gasteiger charge is -2.37. The van der Waals surface area contributed by atoms with Gasteiger partial charge in [0, 0.05) is 58.7 Å². The van der Waals surface area contributed by atoms with E-state index in [1.165, 1.54) is 29.2 Å². The van der Waals surface area contributed by atoms with Gasteiger partial charge in [0.1, 0.15) is 18.0 Å². The maximum absolute atomic E-state index is 11.9. The van der Waals surface area contributed by atoms with Crippen molar-refractivity contribution < 1.29 is 23.9 Å². The predicted molar refractivity (Wildman–Crippen MR) is 144 cm³/mol. The summed E-state index contributed by atoms with van der Waals surface area (Å²) >= 11 is 6.60. The van der Waals surface area contributed by atoms with E-state index in [0.717, 1.165) is 22.0 Å². The summed E-state index contributed by atoms with van der Waals surface area (Å²) in [6.45, 7) is 2.64. The van der Waals surface area contributed by atoms with Crippen LogP contribution in [0.5, 0.6) is 17.5 Å². The number of ether oxygens (including phenoxy) is 3. The molecule has 196 valence electrons. The van der Waals surface area contributed by atoms with E-state index >= 15 is 0 Å². The first-order valence-corrected chi connectivity index (χ1v) is 12.4. The van der Waals surface area contributed by atoms with Crippen molar-refractivity contribution in [3.63, 3.8) is 0 Å². The maximum Gasteiger partial charge on any atom is 0.415 e. The van der Waals surface area contributed by atoms with Crippen molar-refractivity contribution in [2.75, 3.05) is 26.2 Å². The van der Waals surface area contributed by atoms with Gasteiger partial charge in [-0.25, -0.2) is 14.8 Å². The highest BCUT2D eigenvalue weighted by Gasteiger charge is 2.34. The highest BCUT2D eigenvalue weighted by molar-refractivity contribution is 9.10. The number of non-ortho nitro benzene ring substituents is 1. The number of aromatic nitrogens is 2. The summed E-state index contributed by atoms with van der Waals surface area (Å²) < 4.78 is 18.1. The number of likely N-dealkylation sites (tertiary alicyclic amines) is 1. The van der Waals surface area contributed by atoms with Crippen molar-refractivity contribution in [2.45, 2.75) is 12.2 Å². The second-order valence-corrected chi connectivity index (χ2v) is 9.62. The minimum absolute atomic E-state index is 0. The van der Waals surface area contributed by atoms with Crippen LogP contribution < -0.4 is 19.5 Å². The molecule has 0 spiro atoms. The molecule has 14 heteroatoms. The topological polar surface area (TPSA) is 129 Å². The van der Waals surface area contributed by atoms with Crippen molar-refractivity contribution in [3.05, 3.63) is 80.0 Å². The third-order valence-electron chi connectivity index (χ3n) is 5.08. The summed E-state index contributed by atoms with van der Waals surface area (Å²) in [7, 11) is 0. The smallest absolute Gasteiger partial charge is 0.415 e. The number of pyridine rings is 2. The number of nitro benzene ring substituents is 1. The Kier molecular flexibility index (Phi) is 10.4. The SMILES string of the molecule is Brc1ccc(OC2CNC2)nc1.Cl.O=C(Oc1ccc([N+](=O)[O-])cc1)N1CC(Oc2ccc(Br)cn2)C1. The fraction of sp³-hybridized carbons (Fsp3) is 0.261. The molecular weight excluding hydrogens is 638 g/mol. The molecule has 2 aliphatic heterocycles. The molecule has 3 aromatic rings. The molecule has 4 heterocycles. The normalized spacial score (nSPS) is 14.6. The third kappa shape index (κ3) is 8.52. The van der Waals surface area contributed by atoms with Gasteiger partial charge < -0.3 is 24.4 Å². The number of rotatable bonds is 6. The second kappa shape index (κ2) is 13.5. The van der Waals surface area contributed by atoms with Crippen LogP contribution in [0.3, 0.4) is 0 Å². The van der Waals surface area contributed by atoms with E-state index in [1.807, 2.05) is 18.2 Å². The Morgan fingerprint density at radius 1 is 0.919 bits per heavy atom. The number of nitro groups is 1. The number of halogens is 3. The Balaban J connectivity index is 0.000000246. The lowest BCUT2D eigenvalue weighted by molar-refractivity contribution is -0.384. The van der Waals surface area contributed by atoms with Gasteiger partial charge in [-0.1, -0.05) is 0 Å². The summed E-state index contributed by atoms with van der Waals surface area (Å²) in [6, 6.07) is 12.7. The fourth-order valence-corrected chi connectivity index (χ4v) is 3.48. The molecule has 37 heavy (non-hydrogen) atoms. The van der Waals surface area contributed by atoms with Gasteiger partial charge in [0.25, 0.3) is 5.69 Å². The molecule has 1 N–H and O–H groups in total. The first-order chi connectivity index (χ1) is 17.4. The van der Waals surface area contributed by atoms with Gasteiger partial charge in [0.05, 0.1) is 18.0 Å². The largest absolute Gasteiger partial charge is 0.472 e. The standard InChI is InChI=1S/C15H12BrN3O5.C8H9BrN2O.ClH/c16-10-1-6-14(17-7-10)23-13-8-18(9-13)15(20)24-12-4-2-11(3-5-12)19(21)22;9-6-1-2-8(11-3-6)12-7-4-10-5-7;/h1-7,13H,8-9H2;1-3,7,10H,4-5H2;1H. The molecule has 1 amide bonds. The monoisotopic (exact) mass is 657 g/mol. The van der Waals surface area contributed by atoms with E-state index in [-0.39, 0.29) is 29.9 Å². The van der Waals surface area contributed by atoms with Crippen molar-refractivity contribution in [1.29, 1.82) is 0 Å². The van der Waals surface area contributed by atoms with Crippen LogP contribution in [-0.2, 0) is 0 Å². The van der Waals surface area contributed by atoms with Crippen LogP contribution in [0.4, 0.5) is 10.5 Å². The molecule has 2 aliphatic rings. The quantitative estimate of drug-likeness (QED) is 0.298. The van der Waals surface area contributed by atoms with E-state index in [0.29, 0.717) is 31.0 Å². The number of nitrogens with zero attached hydrogens (tertiary/aromatic N) is 4. The molecule has 0 unspecified atom stereocenters. The Hall–Kier alpha value is -3.00. The summed E-state index contributed by atoms with van der Waals surface area (Å²) in [4.78, 5) is 31.7. The highest BCUT2D eigenvalue weighted by Crippen LogP contribution is 2.21. The van der Waals surface area contributed by atoms with Gasteiger partial charge in [0.2, 0.25) is 11.8 Å². The van der Waals surface area contributed by atoms with E-state index in [1.54, 1.807) is 18.5 Å². The molecule has 1 aromatic carbocycles. The number of benzene rings is 1. The number of hydrogen-bond acceptors (Lipinski definition) is 9. The zero-order chi connectivity index (χ0) is 25.5. The number of hydrogen-bond donors (Lipinski definition) is 1. The molecule has 2 aromatic heterocycles. The Labute approximate surface area is 235 Å². The molecular formula is C23H22Br2ClN5O6. The average Bonchev–Trinajstić information content (AvgIpc) is 2.81. The number of carbonyl (C=O) groups excluding carboxylic acids is 1. The number of carbonyl (C=O) groups is 1. The molecule has 0 atom stereocenters. The van der Waals surface area contributed by atoms with Crippen molar-refractivity contribution in [2.24, 2.45) is 0 Å². The number of nitrogens with one attached hydrogen (secondary N) is 1. The van der Waals surface area contributed by atoms with Crippen molar-refractivity contribution in [1.82, 2.24) is 20.2 Å². The van der Waals surface area contributed by atoms with Gasteiger partial charge in [0.15, 0.2) is 0 Å². The molecule has 0 saturated carbocycles. The van der Waals surface area contributed by atoms with Crippen LogP contribution in [-0.4, -0.2) is 64.3 Å². The lowest BCUT2D eigenvalue weighted by Crippen LogP contribution is -2.57. The summed E-state index contributed by atoms with van der Waals surface area (Å²) in [5.41, 5.74) is -0.0609. The Morgan fingerprint density at radius 3 is 1.89 bits per heavy atom. The first-order valence-electron chi connectivity index (χ1n) is 10.8. The molecule has 5 rings (SSSR count). The van der Waals surface area contributed by atoms with Crippen LogP contribution in [0, 0.1) is 10.1 Å². The van der Waals surface area contributed by atoms with E-state index in [4.69, 9.17) is 14.2 Å². The minimum atomic E-state index is -0.521. The molecule has 11 nitrogen and oxygen atoms in total. The predicted octanol–water partition coefficient (Wildman–Crippen LogP) is 4.63. The van der Waals surface area contributed by atoms with Gasteiger partial charge in [-0.3, -0.25) is 10.1 Å². The average molecular weight is 660 g/mol. The molecule has 2 saturated heterocycles. The fourth-order valence-electron chi connectivity index (χ4n) is 3.01. The summed E-state index contributed by atoms with van der Waals surface area (Å²) in [6.07, 6.45) is 3.02. The minimum Gasteiger partial charge on any atom is -0.472 e. The first kappa shape index (κ1) is 28.6. The summed E-state index contributed by atoms with van der Waals surface area (Å²) in [5.74, 6) is 1.45. The molecule has 0 radical (unpaired) electrons. The lowest BCUT2D eigenvalue weighted by atomic mass is 10.2. The second-order valence-electron chi connectivity index (χ2n) is 7.79. The van der Waals surface area contributed by atoms with Crippen molar-refractivity contribution >= 4 is 56.0 Å². The molecule has 0 aliphatic carbocycles. The van der Waals surface area contributed by atoms with Gasteiger partial charge in [-0.15, -0.1) is 12.4 Å². The Bertz CT molecular complexity index is 1180. The third-order valence-corrected chi connectivity index (χ3v) is 6.02.